The Labute approximate surface area is 141 Å². The van der Waals surface area contributed by atoms with Crippen molar-refractivity contribution < 1.29 is 9.90 Å². The number of aliphatic hydroxyl groups excluding tert-OH is 1. The number of carbonyl (C=O) groups is 1. The molecule has 5 heteroatoms. The molecule has 0 aliphatic carbocycles. The fraction of sp³-hybridized carbons (Fsp3) is 0.278. The monoisotopic (exact) mass is 332 g/mol. The summed E-state index contributed by atoms with van der Waals surface area (Å²) in [5.74, 6) is -0.0874. The van der Waals surface area contributed by atoms with E-state index in [-0.39, 0.29) is 11.9 Å². The van der Waals surface area contributed by atoms with Gasteiger partial charge in [-0.2, -0.15) is 0 Å². The average molecular weight is 333 g/mol. The van der Waals surface area contributed by atoms with Gasteiger partial charge in [0.2, 0.25) is 5.91 Å². The summed E-state index contributed by atoms with van der Waals surface area (Å²) in [6.07, 6.45) is -0.606. The number of benzene rings is 2. The van der Waals surface area contributed by atoms with Gasteiger partial charge in [-0.3, -0.25) is 4.79 Å². The van der Waals surface area contributed by atoms with Crippen molar-refractivity contribution in [3.8, 4) is 0 Å². The maximum atomic E-state index is 11.0. The molecule has 0 heterocycles. The highest BCUT2D eigenvalue weighted by Gasteiger charge is 2.15. The van der Waals surface area contributed by atoms with Crippen molar-refractivity contribution >= 4 is 23.2 Å². The summed E-state index contributed by atoms with van der Waals surface area (Å²) in [7, 11) is 0. The molecule has 122 valence electrons. The number of halogens is 1. The van der Waals surface area contributed by atoms with Gasteiger partial charge in [-0.25, -0.2) is 0 Å². The van der Waals surface area contributed by atoms with Gasteiger partial charge in [-0.15, -0.1) is 0 Å². The molecule has 2 aromatic rings. The van der Waals surface area contributed by atoms with Crippen molar-refractivity contribution in [3.05, 3.63) is 64.7 Å². The number of rotatable bonds is 6. The second kappa shape index (κ2) is 8.11. The first-order valence-electron chi connectivity index (χ1n) is 7.49. The lowest BCUT2D eigenvalue weighted by Crippen LogP contribution is -2.31. The van der Waals surface area contributed by atoms with Gasteiger partial charge in [0.05, 0.1) is 6.10 Å². The lowest BCUT2D eigenvalue weighted by atomic mass is 10.0. The van der Waals surface area contributed by atoms with Gasteiger partial charge in [-0.1, -0.05) is 35.9 Å². The Morgan fingerprint density at radius 1 is 1.13 bits per heavy atom. The molecule has 2 unspecified atom stereocenters. The van der Waals surface area contributed by atoms with Crippen LogP contribution in [0.5, 0.6) is 0 Å². The van der Waals surface area contributed by atoms with E-state index in [4.69, 9.17) is 11.6 Å². The van der Waals surface area contributed by atoms with Crippen molar-refractivity contribution in [1.82, 2.24) is 5.32 Å². The lowest BCUT2D eigenvalue weighted by Gasteiger charge is -2.21. The number of anilines is 1. The van der Waals surface area contributed by atoms with Crippen LogP contribution >= 0.6 is 11.6 Å². The number of amides is 1. The van der Waals surface area contributed by atoms with E-state index in [2.05, 4.69) is 10.6 Å². The third kappa shape index (κ3) is 5.36. The van der Waals surface area contributed by atoms with Crippen LogP contribution in [0.1, 0.15) is 31.1 Å². The molecule has 2 rings (SSSR count). The van der Waals surface area contributed by atoms with E-state index in [1.807, 2.05) is 43.3 Å². The maximum Gasteiger partial charge on any atom is 0.221 e. The van der Waals surface area contributed by atoms with Crippen LogP contribution in [-0.2, 0) is 11.3 Å². The fourth-order valence-electron chi connectivity index (χ4n) is 2.25. The summed E-state index contributed by atoms with van der Waals surface area (Å²) in [4.78, 5) is 11.0. The second-order valence-electron chi connectivity index (χ2n) is 5.54. The molecule has 0 aliphatic heterocycles. The summed E-state index contributed by atoms with van der Waals surface area (Å²) in [6.45, 7) is 4.05. The molecule has 2 atom stereocenters. The summed E-state index contributed by atoms with van der Waals surface area (Å²) in [5, 5.41) is 17.0. The molecule has 0 radical (unpaired) electrons. The minimum absolute atomic E-state index is 0.0874. The van der Waals surface area contributed by atoms with Gasteiger partial charge < -0.3 is 15.7 Å². The average Bonchev–Trinajstić information content (AvgIpc) is 2.53. The van der Waals surface area contributed by atoms with E-state index >= 15 is 0 Å². The van der Waals surface area contributed by atoms with Crippen molar-refractivity contribution in [2.45, 2.75) is 32.5 Å². The Hall–Kier alpha value is -1.88. The van der Waals surface area contributed by atoms with E-state index in [9.17, 15) is 9.90 Å². The van der Waals surface area contributed by atoms with Crippen molar-refractivity contribution in [2.24, 2.45) is 0 Å². The number of hydrogen-bond donors (Lipinski definition) is 3. The van der Waals surface area contributed by atoms with Crippen molar-refractivity contribution in [3.63, 3.8) is 0 Å². The Bertz CT molecular complexity index is 641. The molecule has 0 saturated carbocycles. The first-order chi connectivity index (χ1) is 11.0. The van der Waals surface area contributed by atoms with Crippen LogP contribution in [-0.4, -0.2) is 17.1 Å². The SMILES string of the molecule is CC(=O)Nc1ccc(CNC(C)C(O)c2ccc(Cl)cc2)cc1. The Morgan fingerprint density at radius 3 is 2.30 bits per heavy atom. The molecular formula is C18H21ClN2O2. The van der Waals surface area contributed by atoms with Crippen LogP contribution < -0.4 is 10.6 Å². The van der Waals surface area contributed by atoms with E-state index in [0.717, 1.165) is 16.8 Å². The number of hydrogen-bond acceptors (Lipinski definition) is 3. The summed E-state index contributed by atoms with van der Waals surface area (Å²) in [6, 6.07) is 14.7. The first-order valence-corrected chi connectivity index (χ1v) is 7.87. The highest BCUT2D eigenvalue weighted by Crippen LogP contribution is 2.19. The molecule has 0 aromatic heterocycles. The van der Waals surface area contributed by atoms with Crippen molar-refractivity contribution in [2.75, 3.05) is 5.32 Å². The molecule has 4 nitrogen and oxygen atoms in total. The molecule has 0 aliphatic rings. The Kier molecular flexibility index (Phi) is 6.16. The zero-order valence-electron chi connectivity index (χ0n) is 13.2. The minimum Gasteiger partial charge on any atom is -0.387 e. The molecule has 0 saturated heterocycles. The molecule has 0 bridgehead atoms. The van der Waals surface area contributed by atoms with Gasteiger partial charge in [-0.05, 0) is 42.3 Å². The molecule has 0 fully saturated rings. The van der Waals surface area contributed by atoms with Crippen LogP contribution in [0.4, 0.5) is 5.69 Å². The molecular weight excluding hydrogens is 312 g/mol. The van der Waals surface area contributed by atoms with Gasteiger partial charge >= 0.3 is 0 Å². The molecule has 0 spiro atoms. The molecule has 23 heavy (non-hydrogen) atoms. The zero-order chi connectivity index (χ0) is 16.8. The second-order valence-corrected chi connectivity index (χ2v) is 5.98. The molecule has 3 N–H and O–H groups in total. The highest BCUT2D eigenvalue weighted by atomic mass is 35.5. The van der Waals surface area contributed by atoms with E-state index in [1.54, 1.807) is 12.1 Å². The van der Waals surface area contributed by atoms with Gasteiger partial charge in [0, 0.05) is 30.2 Å². The number of aliphatic hydroxyl groups is 1. The zero-order valence-corrected chi connectivity index (χ0v) is 14.0. The molecule has 1 amide bonds. The predicted molar refractivity (Wildman–Crippen MR) is 93.5 cm³/mol. The van der Waals surface area contributed by atoms with E-state index in [0.29, 0.717) is 11.6 Å². The Balaban J connectivity index is 1.89. The first kappa shape index (κ1) is 17.5. The normalized spacial score (nSPS) is 13.4. The maximum absolute atomic E-state index is 11.0. The largest absolute Gasteiger partial charge is 0.387 e. The lowest BCUT2D eigenvalue weighted by molar-refractivity contribution is -0.114. The van der Waals surface area contributed by atoms with Crippen molar-refractivity contribution in [1.29, 1.82) is 0 Å². The van der Waals surface area contributed by atoms with Crippen LogP contribution in [0.2, 0.25) is 5.02 Å². The van der Waals surface area contributed by atoms with Gasteiger partial charge in [0.25, 0.3) is 0 Å². The fourth-order valence-corrected chi connectivity index (χ4v) is 2.37. The number of carbonyl (C=O) groups excluding carboxylic acids is 1. The van der Waals surface area contributed by atoms with E-state index < -0.39 is 6.10 Å². The van der Waals surface area contributed by atoms with Crippen LogP contribution in [0.25, 0.3) is 0 Å². The predicted octanol–water partition coefficient (Wildman–Crippen LogP) is 3.51. The third-order valence-corrected chi connectivity index (χ3v) is 3.84. The third-order valence-electron chi connectivity index (χ3n) is 3.59. The van der Waals surface area contributed by atoms with Crippen LogP contribution in [0.3, 0.4) is 0 Å². The standard InChI is InChI=1S/C18H21ClN2O2/c1-12(18(23)15-5-7-16(19)8-6-15)20-11-14-3-9-17(10-4-14)21-13(2)22/h3-10,12,18,20,23H,11H2,1-2H3,(H,21,22). The van der Waals surface area contributed by atoms with Gasteiger partial charge in [0.1, 0.15) is 0 Å². The highest BCUT2D eigenvalue weighted by molar-refractivity contribution is 6.30. The minimum atomic E-state index is -0.606. The Morgan fingerprint density at radius 2 is 1.74 bits per heavy atom. The van der Waals surface area contributed by atoms with Crippen LogP contribution in [0.15, 0.2) is 48.5 Å². The summed E-state index contributed by atoms with van der Waals surface area (Å²) < 4.78 is 0. The topological polar surface area (TPSA) is 61.4 Å². The summed E-state index contributed by atoms with van der Waals surface area (Å²) >= 11 is 5.86. The molecule has 2 aromatic carbocycles. The summed E-state index contributed by atoms with van der Waals surface area (Å²) in [5.41, 5.74) is 2.68. The van der Waals surface area contributed by atoms with Gasteiger partial charge in [0.15, 0.2) is 0 Å². The number of nitrogens with one attached hydrogen (secondary N) is 2. The smallest absolute Gasteiger partial charge is 0.221 e. The van der Waals surface area contributed by atoms with E-state index in [1.165, 1.54) is 6.92 Å². The quantitative estimate of drug-likeness (QED) is 0.758. The van der Waals surface area contributed by atoms with Crippen LogP contribution in [0, 0.1) is 0 Å².